The van der Waals surface area contributed by atoms with Gasteiger partial charge < -0.3 is 10.3 Å². The molecule has 0 aliphatic heterocycles. The molecule has 0 amide bonds. The molecule has 0 saturated heterocycles. The first-order valence-corrected chi connectivity index (χ1v) is 8.06. The van der Waals surface area contributed by atoms with Crippen molar-refractivity contribution in [3.8, 4) is 0 Å². The first-order valence-electron chi connectivity index (χ1n) is 7.25. The molecular formula is C16H13FN6S. The molecule has 0 atom stereocenters. The SMILES string of the molecule is Cc1cc(Nc2nc(Sc3ccc(F)cc3)nc3[nH]ccc23)n[nH]1. The fourth-order valence-corrected chi connectivity index (χ4v) is 3.03. The number of aromatic nitrogens is 5. The van der Waals surface area contributed by atoms with Crippen molar-refractivity contribution in [1.29, 1.82) is 0 Å². The van der Waals surface area contributed by atoms with E-state index in [0.29, 0.717) is 16.8 Å². The number of aryl methyl sites for hydroxylation is 1. The molecule has 8 heteroatoms. The lowest BCUT2D eigenvalue weighted by molar-refractivity contribution is 0.626. The number of hydrogen-bond donors (Lipinski definition) is 3. The smallest absolute Gasteiger partial charge is 0.196 e. The van der Waals surface area contributed by atoms with Crippen molar-refractivity contribution in [3.05, 3.63) is 54.1 Å². The predicted molar refractivity (Wildman–Crippen MR) is 91.0 cm³/mol. The van der Waals surface area contributed by atoms with Crippen molar-refractivity contribution in [1.82, 2.24) is 25.1 Å². The molecule has 3 heterocycles. The van der Waals surface area contributed by atoms with Gasteiger partial charge in [0.1, 0.15) is 17.3 Å². The van der Waals surface area contributed by atoms with E-state index in [-0.39, 0.29) is 5.82 Å². The Morgan fingerprint density at radius 2 is 1.96 bits per heavy atom. The van der Waals surface area contributed by atoms with Gasteiger partial charge in [0, 0.05) is 22.9 Å². The van der Waals surface area contributed by atoms with E-state index in [1.165, 1.54) is 23.9 Å². The molecule has 0 spiro atoms. The lowest BCUT2D eigenvalue weighted by atomic mass is 10.3. The number of aromatic amines is 2. The van der Waals surface area contributed by atoms with Gasteiger partial charge in [0.25, 0.3) is 0 Å². The van der Waals surface area contributed by atoms with Gasteiger partial charge in [-0.3, -0.25) is 5.10 Å². The van der Waals surface area contributed by atoms with Crippen LogP contribution in [-0.2, 0) is 0 Å². The molecule has 24 heavy (non-hydrogen) atoms. The summed E-state index contributed by atoms with van der Waals surface area (Å²) >= 11 is 1.37. The second-order valence-corrected chi connectivity index (χ2v) is 6.25. The highest BCUT2D eigenvalue weighted by Crippen LogP contribution is 2.30. The molecule has 0 unspecified atom stereocenters. The third-order valence-corrected chi connectivity index (χ3v) is 4.24. The fourth-order valence-electron chi connectivity index (χ4n) is 2.27. The van der Waals surface area contributed by atoms with E-state index in [1.807, 2.05) is 25.3 Å². The van der Waals surface area contributed by atoms with Crippen LogP contribution in [0.4, 0.5) is 16.0 Å². The summed E-state index contributed by atoms with van der Waals surface area (Å²) in [7, 11) is 0. The van der Waals surface area contributed by atoms with E-state index in [1.54, 1.807) is 12.1 Å². The number of fused-ring (bicyclic) bond motifs is 1. The zero-order valence-corrected chi connectivity index (χ0v) is 13.5. The van der Waals surface area contributed by atoms with Gasteiger partial charge in [0.05, 0.1) is 5.39 Å². The lowest BCUT2D eigenvalue weighted by Crippen LogP contribution is -1.98. The van der Waals surface area contributed by atoms with Crippen LogP contribution in [0.3, 0.4) is 0 Å². The molecule has 0 saturated carbocycles. The number of nitrogens with zero attached hydrogens (tertiary/aromatic N) is 3. The number of halogens is 1. The Labute approximate surface area is 140 Å². The van der Waals surface area contributed by atoms with Gasteiger partial charge in [-0.25, -0.2) is 14.4 Å². The average molecular weight is 340 g/mol. The van der Waals surface area contributed by atoms with Crippen molar-refractivity contribution in [2.45, 2.75) is 17.0 Å². The Kier molecular flexibility index (Phi) is 3.66. The minimum Gasteiger partial charge on any atom is -0.346 e. The summed E-state index contributed by atoms with van der Waals surface area (Å²) in [5.41, 5.74) is 1.68. The monoisotopic (exact) mass is 340 g/mol. The summed E-state index contributed by atoms with van der Waals surface area (Å²) < 4.78 is 13.0. The molecule has 0 aliphatic rings. The Bertz CT molecular complexity index is 991. The topological polar surface area (TPSA) is 82.3 Å². The quantitative estimate of drug-likeness (QED) is 0.489. The van der Waals surface area contributed by atoms with Gasteiger partial charge in [-0.2, -0.15) is 5.10 Å². The standard InChI is InChI=1S/C16H13FN6S/c1-9-8-13(23-22-9)19-15-12-6-7-18-14(12)20-16(21-15)24-11-4-2-10(17)3-5-11/h2-8H,1H3,(H3,18,19,20,21,22,23). The normalized spacial score (nSPS) is 11.1. The predicted octanol–water partition coefficient (Wildman–Crippen LogP) is 4.02. The molecule has 4 rings (SSSR count). The molecule has 3 N–H and O–H groups in total. The van der Waals surface area contributed by atoms with Crippen molar-refractivity contribution >= 4 is 34.4 Å². The van der Waals surface area contributed by atoms with E-state index in [2.05, 4.69) is 30.5 Å². The molecule has 3 aromatic heterocycles. The molecule has 0 bridgehead atoms. The van der Waals surface area contributed by atoms with Crippen LogP contribution in [0, 0.1) is 12.7 Å². The number of H-pyrrole nitrogens is 2. The molecular weight excluding hydrogens is 327 g/mol. The second kappa shape index (κ2) is 5.97. The zero-order valence-electron chi connectivity index (χ0n) is 12.7. The number of nitrogens with one attached hydrogen (secondary N) is 3. The molecule has 0 aliphatic carbocycles. The van der Waals surface area contributed by atoms with Gasteiger partial charge in [-0.05, 0) is 49.0 Å². The van der Waals surface area contributed by atoms with Crippen LogP contribution in [0.15, 0.2) is 52.6 Å². The number of rotatable bonds is 4. The van der Waals surface area contributed by atoms with Crippen molar-refractivity contribution in [3.63, 3.8) is 0 Å². The summed E-state index contributed by atoms with van der Waals surface area (Å²) in [4.78, 5) is 13.0. The third kappa shape index (κ3) is 2.95. The van der Waals surface area contributed by atoms with Gasteiger partial charge in [-0.15, -0.1) is 0 Å². The average Bonchev–Trinajstić information content (AvgIpc) is 3.19. The maximum Gasteiger partial charge on any atom is 0.196 e. The van der Waals surface area contributed by atoms with Crippen LogP contribution in [0.2, 0.25) is 0 Å². The van der Waals surface area contributed by atoms with Crippen LogP contribution in [-0.4, -0.2) is 25.1 Å². The van der Waals surface area contributed by atoms with E-state index in [9.17, 15) is 4.39 Å². The minimum absolute atomic E-state index is 0.267. The summed E-state index contributed by atoms with van der Waals surface area (Å²) in [5, 5.41) is 11.7. The van der Waals surface area contributed by atoms with Crippen molar-refractivity contribution in [2.24, 2.45) is 0 Å². The van der Waals surface area contributed by atoms with Crippen molar-refractivity contribution < 1.29 is 4.39 Å². The molecule has 0 fully saturated rings. The Morgan fingerprint density at radius 3 is 2.71 bits per heavy atom. The van der Waals surface area contributed by atoms with Gasteiger partial charge in [0.15, 0.2) is 11.0 Å². The van der Waals surface area contributed by atoms with Gasteiger partial charge in [-0.1, -0.05) is 0 Å². The van der Waals surface area contributed by atoms with E-state index >= 15 is 0 Å². The van der Waals surface area contributed by atoms with E-state index in [0.717, 1.165) is 21.6 Å². The maximum atomic E-state index is 13.0. The Hall–Kier alpha value is -2.87. The van der Waals surface area contributed by atoms with Crippen LogP contribution in [0.5, 0.6) is 0 Å². The molecule has 0 radical (unpaired) electrons. The van der Waals surface area contributed by atoms with E-state index < -0.39 is 0 Å². The lowest BCUT2D eigenvalue weighted by Gasteiger charge is -2.06. The molecule has 6 nitrogen and oxygen atoms in total. The first kappa shape index (κ1) is 14.7. The summed E-state index contributed by atoms with van der Waals surface area (Å²) in [6, 6.07) is 10.0. The highest BCUT2D eigenvalue weighted by molar-refractivity contribution is 7.99. The van der Waals surface area contributed by atoms with Crippen LogP contribution in [0.1, 0.15) is 5.69 Å². The summed E-state index contributed by atoms with van der Waals surface area (Å²) in [5.74, 6) is 1.08. The Morgan fingerprint density at radius 1 is 1.12 bits per heavy atom. The Balaban J connectivity index is 1.70. The fraction of sp³-hybridized carbons (Fsp3) is 0.0625. The van der Waals surface area contributed by atoms with Crippen molar-refractivity contribution in [2.75, 3.05) is 5.32 Å². The summed E-state index contributed by atoms with van der Waals surface area (Å²) in [6.07, 6.45) is 1.81. The van der Waals surface area contributed by atoms with Gasteiger partial charge >= 0.3 is 0 Å². The second-order valence-electron chi connectivity index (χ2n) is 5.21. The molecule has 4 aromatic rings. The number of benzene rings is 1. The summed E-state index contributed by atoms with van der Waals surface area (Å²) in [6.45, 7) is 1.93. The number of anilines is 2. The van der Waals surface area contributed by atoms with Crippen LogP contribution in [0.25, 0.3) is 11.0 Å². The molecule has 1 aromatic carbocycles. The van der Waals surface area contributed by atoms with Crippen LogP contribution >= 0.6 is 11.8 Å². The highest BCUT2D eigenvalue weighted by atomic mass is 32.2. The minimum atomic E-state index is -0.267. The van der Waals surface area contributed by atoms with Crippen LogP contribution < -0.4 is 5.32 Å². The van der Waals surface area contributed by atoms with E-state index in [4.69, 9.17) is 0 Å². The largest absolute Gasteiger partial charge is 0.346 e. The zero-order chi connectivity index (χ0) is 16.5. The first-order chi connectivity index (χ1) is 11.7. The highest BCUT2D eigenvalue weighted by Gasteiger charge is 2.11. The van der Waals surface area contributed by atoms with Gasteiger partial charge in [0.2, 0.25) is 0 Å². The number of hydrogen-bond acceptors (Lipinski definition) is 5. The maximum absolute atomic E-state index is 13.0. The third-order valence-electron chi connectivity index (χ3n) is 3.37. The molecule has 120 valence electrons.